The smallest absolute Gasteiger partial charge is 0.232 e. The van der Waals surface area contributed by atoms with Crippen molar-refractivity contribution in [2.45, 2.75) is 12.8 Å². The van der Waals surface area contributed by atoms with Crippen LogP contribution in [-0.2, 0) is 11.2 Å². The average molecular weight is 422 g/mol. The molecule has 2 heterocycles. The number of aromatic nitrogens is 2. The molecule has 1 aliphatic heterocycles. The van der Waals surface area contributed by atoms with Gasteiger partial charge in [0.05, 0.1) is 38.8 Å². The largest absolute Gasteiger partial charge is 0.493 e. The molecule has 3 aromatic rings. The number of benzene rings is 2. The zero-order valence-corrected chi connectivity index (χ0v) is 18.2. The van der Waals surface area contributed by atoms with Crippen molar-refractivity contribution in [1.82, 2.24) is 9.97 Å². The van der Waals surface area contributed by atoms with Gasteiger partial charge < -0.3 is 19.1 Å². The quantitative estimate of drug-likeness (QED) is 0.625. The number of para-hydroxylation sites is 2. The summed E-state index contributed by atoms with van der Waals surface area (Å²) in [6.07, 6.45) is 1.00. The molecule has 4 rings (SSSR count). The SMILES string of the molecule is COc1cc(CC(=O)N2CCCN(C)c3nc4ccccc4nc32)cc(OC)c1OC. The second-order valence-electron chi connectivity index (χ2n) is 7.39. The lowest BCUT2D eigenvalue weighted by Gasteiger charge is -2.23. The molecule has 0 atom stereocenters. The Kier molecular flexibility index (Phi) is 5.79. The number of anilines is 2. The summed E-state index contributed by atoms with van der Waals surface area (Å²) in [5.74, 6) is 2.79. The summed E-state index contributed by atoms with van der Waals surface area (Å²) in [4.78, 5) is 26.8. The van der Waals surface area contributed by atoms with Crippen molar-refractivity contribution in [3.8, 4) is 17.2 Å². The number of amides is 1. The van der Waals surface area contributed by atoms with Crippen LogP contribution in [0.25, 0.3) is 11.0 Å². The number of nitrogens with zero attached hydrogens (tertiary/aromatic N) is 4. The number of methoxy groups -OCH3 is 3. The van der Waals surface area contributed by atoms with Gasteiger partial charge in [0.2, 0.25) is 11.7 Å². The molecule has 31 heavy (non-hydrogen) atoms. The van der Waals surface area contributed by atoms with Crippen LogP contribution in [0.15, 0.2) is 36.4 Å². The molecule has 0 fully saturated rings. The average Bonchev–Trinajstić information content (AvgIpc) is 2.95. The van der Waals surface area contributed by atoms with Crippen LogP contribution < -0.4 is 24.0 Å². The molecule has 0 radical (unpaired) electrons. The molecule has 0 saturated heterocycles. The highest BCUT2D eigenvalue weighted by atomic mass is 16.5. The maximum Gasteiger partial charge on any atom is 0.232 e. The van der Waals surface area contributed by atoms with Gasteiger partial charge in [0, 0.05) is 20.1 Å². The van der Waals surface area contributed by atoms with Crippen molar-refractivity contribution in [2.75, 3.05) is 51.3 Å². The maximum atomic E-state index is 13.4. The normalized spacial score (nSPS) is 13.5. The summed E-state index contributed by atoms with van der Waals surface area (Å²) in [6.45, 7) is 1.38. The fraction of sp³-hybridized carbons (Fsp3) is 0.348. The molecule has 0 bridgehead atoms. The Labute approximate surface area is 181 Å². The maximum absolute atomic E-state index is 13.4. The summed E-state index contributed by atoms with van der Waals surface area (Å²) < 4.78 is 16.2. The number of ether oxygens (including phenoxy) is 3. The Balaban J connectivity index is 1.71. The summed E-state index contributed by atoms with van der Waals surface area (Å²) in [6, 6.07) is 11.3. The second-order valence-corrected chi connectivity index (χ2v) is 7.39. The van der Waals surface area contributed by atoms with Crippen molar-refractivity contribution < 1.29 is 19.0 Å². The van der Waals surface area contributed by atoms with Gasteiger partial charge in [-0.3, -0.25) is 9.69 Å². The fourth-order valence-corrected chi connectivity index (χ4v) is 3.85. The Morgan fingerprint density at radius 2 is 1.55 bits per heavy atom. The first-order valence-corrected chi connectivity index (χ1v) is 10.1. The lowest BCUT2D eigenvalue weighted by Crippen LogP contribution is -2.33. The molecule has 1 aliphatic rings. The first-order chi connectivity index (χ1) is 15.0. The zero-order chi connectivity index (χ0) is 22.0. The number of carbonyl (C=O) groups excluding carboxylic acids is 1. The van der Waals surface area contributed by atoms with Gasteiger partial charge in [-0.15, -0.1) is 0 Å². The van der Waals surface area contributed by atoms with Crippen molar-refractivity contribution in [3.05, 3.63) is 42.0 Å². The molecule has 8 heteroatoms. The van der Waals surface area contributed by atoms with E-state index < -0.39 is 0 Å². The molecule has 1 aromatic heterocycles. The van der Waals surface area contributed by atoms with E-state index >= 15 is 0 Å². The van der Waals surface area contributed by atoms with Gasteiger partial charge in [0.25, 0.3) is 0 Å². The Morgan fingerprint density at radius 3 is 2.13 bits per heavy atom. The molecule has 0 saturated carbocycles. The number of hydrogen-bond donors (Lipinski definition) is 0. The van der Waals surface area contributed by atoms with Gasteiger partial charge in [0.1, 0.15) is 0 Å². The van der Waals surface area contributed by atoms with Gasteiger partial charge >= 0.3 is 0 Å². The third-order valence-corrected chi connectivity index (χ3v) is 5.41. The minimum atomic E-state index is -0.0598. The lowest BCUT2D eigenvalue weighted by atomic mass is 10.1. The van der Waals surface area contributed by atoms with Crippen LogP contribution in [0, 0.1) is 0 Å². The molecule has 162 valence electrons. The van der Waals surface area contributed by atoms with E-state index in [9.17, 15) is 4.79 Å². The van der Waals surface area contributed by atoms with E-state index in [1.165, 1.54) is 0 Å². The van der Waals surface area contributed by atoms with Gasteiger partial charge in [-0.25, -0.2) is 9.97 Å². The number of hydrogen-bond acceptors (Lipinski definition) is 7. The number of carbonyl (C=O) groups is 1. The van der Waals surface area contributed by atoms with Crippen LogP contribution in [0.4, 0.5) is 11.6 Å². The third kappa shape index (κ3) is 3.93. The van der Waals surface area contributed by atoms with Crippen molar-refractivity contribution in [1.29, 1.82) is 0 Å². The highest BCUT2D eigenvalue weighted by Crippen LogP contribution is 2.38. The van der Waals surface area contributed by atoms with Crippen LogP contribution in [0.5, 0.6) is 17.2 Å². The number of rotatable bonds is 5. The highest BCUT2D eigenvalue weighted by Gasteiger charge is 2.27. The van der Waals surface area contributed by atoms with E-state index in [2.05, 4.69) is 4.90 Å². The zero-order valence-electron chi connectivity index (χ0n) is 18.2. The van der Waals surface area contributed by atoms with E-state index in [1.54, 1.807) is 38.4 Å². The van der Waals surface area contributed by atoms with E-state index in [0.29, 0.717) is 29.6 Å². The van der Waals surface area contributed by atoms with Crippen LogP contribution in [0.1, 0.15) is 12.0 Å². The predicted molar refractivity (Wildman–Crippen MR) is 120 cm³/mol. The van der Waals surface area contributed by atoms with Crippen molar-refractivity contribution in [2.24, 2.45) is 0 Å². The first kappa shape index (κ1) is 20.7. The second kappa shape index (κ2) is 8.67. The Bertz CT molecular complexity index is 1090. The van der Waals surface area contributed by atoms with E-state index in [0.717, 1.165) is 35.4 Å². The Hall–Kier alpha value is -3.55. The highest BCUT2D eigenvalue weighted by molar-refractivity contribution is 5.98. The molecule has 0 aliphatic carbocycles. The Morgan fingerprint density at radius 1 is 0.935 bits per heavy atom. The molecule has 0 unspecified atom stereocenters. The van der Waals surface area contributed by atoms with Crippen molar-refractivity contribution >= 4 is 28.6 Å². The van der Waals surface area contributed by atoms with Crippen molar-refractivity contribution in [3.63, 3.8) is 0 Å². The third-order valence-electron chi connectivity index (χ3n) is 5.41. The minimum Gasteiger partial charge on any atom is -0.493 e. The van der Waals surface area contributed by atoms with Crippen LogP contribution in [-0.4, -0.2) is 57.3 Å². The van der Waals surface area contributed by atoms with Crippen LogP contribution in [0.3, 0.4) is 0 Å². The molecule has 8 nitrogen and oxygen atoms in total. The van der Waals surface area contributed by atoms with E-state index in [1.807, 2.05) is 31.3 Å². The van der Waals surface area contributed by atoms with Gasteiger partial charge in [-0.1, -0.05) is 12.1 Å². The number of fused-ring (bicyclic) bond motifs is 2. The predicted octanol–water partition coefficient (Wildman–Crippen LogP) is 3.07. The first-order valence-electron chi connectivity index (χ1n) is 10.1. The molecule has 0 spiro atoms. The minimum absolute atomic E-state index is 0.0598. The topological polar surface area (TPSA) is 77.0 Å². The standard InChI is InChI=1S/C23H26N4O4/c1-26-10-7-11-27(23-22(26)24-16-8-5-6-9-17(16)25-23)20(28)14-15-12-18(29-2)21(31-4)19(13-15)30-3/h5-6,8-9,12-13H,7,10-11,14H2,1-4H3. The molecular formula is C23H26N4O4. The molecule has 0 N–H and O–H groups in total. The van der Waals surface area contributed by atoms with Gasteiger partial charge in [-0.2, -0.15) is 0 Å². The van der Waals surface area contributed by atoms with Crippen LogP contribution in [0.2, 0.25) is 0 Å². The van der Waals surface area contributed by atoms with Gasteiger partial charge in [-0.05, 0) is 36.2 Å². The summed E-state index contributed by atoms with van der Waals surface area (Å²) in [5, 5.41) is 0. The van der Waals surface area contributed by atoms with Crippen LogP contribution >= 0.6 is 0 Å². The molecule has 2 aromatic carbocycles. The van der Waals surface area contributed by atoms with E-state index in [-0.39, 0.29) is 12.3 Å². The fourth-order valence-electron chi connectivity index (χ4n) is 3.85. The summed E-state index contributed by atoms with van der Waals surface area (Å²) >= 11 is 0. The molecular weight excluding hydrogens is 396 g/mol. The van der Waals surface area contributed by atoms with E-state index in [4.69, 9.17) is 24.2 Å². The monoisotopic (exact) mass is 422 g/mol. The summed E-state index contributed by atoms with van der Waals surface area (Å²) in [5.41, 5.74) is 2.35. The van der Waals surface area contributed by atoms with Gasteiger partial charge in [0.15, 0.2) is 23.1 Å². The lowest BCUT2D eigenvalue weighted by molar-refractivity contribution is -0.118. The molecule has 1 amide bonds. The summed E-state index contributed by atoms with van der Waals surface area (Å²) in [7, 11) is 6.66.